The fourth-order valence-corrected chi connectivity index (χ4v) is 19.9. The van der Waals surface area contributed by atoms with Gasteiger partial charge in [0.1, 0.15) is 29.0 Å². The number of halogens is 18. The number of alkyl halides is 18. The molecule has 0 bridgehead atoms. The largest absolute Gasteiger partial charge is 0.417 e. The lowest BCUT2D eigenvalue weighted by atomic mass is 10.0. The number of nitrogens with two attached hydrogens (primary N) is 7. The van der Waals surface area contributed by atoms with Crippen molar-refractivity contribution < 1.29 is 79.0 Å². The van der Waals surface area contributed by atoms with Gasteiger partial charge < -0.3 is 40.1 Å². The Morgan fingerprint density at radius 1 is 0.257 bits per heavy atom. The highest BCUT2D eigenvalue weighted by Gasteiger charge is 2.42. The lowest BCUT2D eigenvalue weighted by Gasteiger charge is -2.12. The van der Waals surface area contributed by atoms with Crippen molar-refractivity contribution in [3.05, 3.63) is 343 Å². The van der Waals surface area contributed by atoms with Crippen molar-refractivity contribution in [1.29, 1.82) is 0 Å². The van der Waals surface area contributed by atoms with Crippen molar-refractivity contribution in [2.24, 2.45) is 11.5 Å². The minimum absolute atomic E-state index is 0.0000659. The number of benzene rings is 6. The highest BCUT2D eigenvalue weighted by atomic mass is 32.1. The van der Waals surface area contributed by atoms with Gasteiger partial charge in [-0.1, -0.05) is 188 Å². The molecule has 726 valence electrons. The molecule has 0 unspecified atom stereocenters. The first kappa shape index (κ1) is 105. The van der Waals surface area contributed by atoms with Gasteiger partial charge >= 0.3 is 37.1 Å². The summed E-state index contributed by atoms with van der Waals surface area (Å²) in [6, 6.07) is 47.3. The van der Waals surface area contributed by atoms with Gasteiger partial charge in [0.25, 0.3) is 25.0 Å². The van der Waals surface area contributed by atoms with Crippen molar-refractivity contribution >= 4 is 205 Å². The summed E-state index contributed by atoms with van der Waals surface area (Å²) in [6.07, 6.45) is -27.5. The predicted molar refractivity (Wildman–Crippen MR) is 540 cm³/mol. The van der Waals surface area contributed by atoms with Crippen molar-refractivity contribution in [3.8, 4) is 67.5 Å². The second kappa shape index (κ2) is 41.0. The number of pyridine rings is 6. The minimum atomic E-state index is -4.62. The molecule has 0 amide bonds. The van der Waals surface area contributed by atoms with Crippen LogP contribution in [0.5, 0.6) is 0 Å². The molecule has 12 heterocycles. The standard InChI is InChI=1S/2C18H12F3N3S.C17H11F3N4S.3C16H10F3N3S/c1-9-15-13(18(19,20)21)8-14(24-17(15)25-16(9)23-3)12-6-4-11(5-7-12)10(2)22;1-9(2)10-4-6-11(7-5-10)13-8-12(18(19,20)21)14-15(22)17(23-3)25-16(14)24-13;1-8(21)9-3-5-10(6-4-9)12-7-11(17(18,19)20)13-14(22)16(23-2)25-15(13)24-12;3*1-8-3-5-9(6-4-8)11-7-10(16(17,18)19)12-13(20)15(21-2)23-14(12)22-11/h4-8H,2,22H2,1H3;4-8H,1,22H2,2H3;3-7H,1,21-22H2;3*3-7H,20H2,1H3. The summed E-state index contributed by atoms with van der Waals surface area (Å²) in [5.74, 6) is 0. The number of anilines is 5. The zero-order valence-corrected chi connectivity index (χ0v) is 79.5. The first-order valence-electron chi connectivity index (χ1n) is 40.9. The number of allylic oxidation sites excluding steroid dienone is 1. The number of thiophene rings is 6. The number of aromatic nitrogens is 6. The first-order chi connectivity index (χ1) is 67.6. The van der Waals surface area contributed by atoms with E-state index in [1.807, 2.05) is 64.1 Å². The lowest BCUT2D eigenvalue weighted by molar-refractivity contribution is -0.137. The Morgan fingerprint density at radius 3 is 0.583 bits per heavy atom. The van der Waals surface area contributed by atoms with Gasteiger partial charge in [0.2, 0.25) is 5.00 Å². The topological polar surface area (TPSA) is 286 Å². The van der Waals surface area contributed by atoms with Crippen LogP contribution in [0.2, 0.25) is 0 Å². The third-order valence-corrected chi connectivity index (χ3v) is 27.6. The van der Waals surface area contributed by atoms with Crippen molar-refractivity contribution in [1.82, 2.24) is 29.9 Å². The summed E-state index contributed by atoms with van der Waals surface area (Å²) in [7, 11) is 0. The van der Waals surface area contributed by atoms with E-state index < -0.39 is 70.4 Å². The quantitative estimate of drug-likeness (QED) is 0.0523. The van der Waals surface area contributed by atoms with Gasteiger partial charge in [-0.05, 0) is 93.3 Å². The number of nitrogen functional groups attached to an aromatic ring is 5. The maximum absolute atomic E-state index is 13.5. The number of rotatable bonds is 9. The molecule has 0 aliphatic carbocycles. The Balaban J connectivity index is 0.000000145. The fraction of sp³-hybridized carbons (Fsp3) is 0.109. The Morgan fingerprint density at radius 2 is 0.417 bits per heavy atom. The minimum Gasteiger partial charge on any atom is -0.406 e. The number of hydrogen-bond acceptors (Lipinski definition) is 19. The SMILES string of the molecule is [C-]#[N+]c1sc2nc(-c3ccc(C(=C)C)cc3)cc(C(F)(F)F)c2c1N.[C-]#[N+]c1sc2nc(-c3ccc(C(=C)N)cc3)cc(C(F)(F)F)c2c1C.[C-]#[N+]c1sc2nc(-c3ccc(C(=C)N)cc3)cc(C(F)(F)F)c2c1N.[C-]#[N+]c1sc2nc(-c3ccc(C)cc3)cc(C(F)(F)F)c2c1N.[C-]#[N+]c1sc2nc(-c3ccc(C)cc3)cc(C(F)(F)F)c2c1N.[C-]#[N+]c1sc2nc(-c3ccc(C)cc3)cc(C(F)(F)F)c2c1N. The van der Waals surface area contributed by atoms with Gasteiger partial charge in [0.05, 0.1) is 135 Å². The second-order valence-electron chi connectivity index (χ2n) is 31.4. The average molecular weight is 2080 g/mol. The Bertz CT molecular complexity index is 7640. The van der Waals surface area contributed by atoms with Crippen LogP contribution >= 0.6 is 68.0 Å². The van der Waals surface area contributed by atoms with Gasteiger partial charge in [-0.15, -0.1) is 68.0 Å². The third-order valence-electron chi connectivity index (χ3n) is 21.5. The Hall–Kier alpha value is -16.5. The van der Waals surface area contributed by atoms with Crippen molar-refractivity contribution in [2.75, 3.05) is 28.7 Å². The molecule has 144 heavy (non-hydrogen) atoms. The molecule has 0 atom stereocenters. The highest BCUT2D eigenvalue weighted by Crippen LogP contribution is 2.54. The molecule has 0 saturated carbocycles. The van der Waals surface area contributed by atoms with E-state index in [1.165, 1.54) is 6.92 Å². The Kier molecular flexibility index (Phi) is 29.8. The molecule has 0 radical (unpaired) electrons. The van der Waals surface area contributed by atoms with Gasteiger partial charge in [-0.25, -0.2) is 59.0 Å². The van der Waals surface area contributed by atoms with E-state index in [4.69, 9.17) is 79.6 Å². The van der Waals surface area contributed by atoms with Crippen LogP contribution in [-0.2, 0) is 37.1 Å². The van der Waals surface area contributed by atoms with E-state index in [-0.39, 0.29) is 154 Å². The molecule has 6 aromatic carbocycles. The summed E-state index contributed by atoms with van der Waals surface area (Å²) < 4.78 is 242. The first-order valence-corrected chi connectivity index (χ1v) is 45.8. The smallest absolute Gasteiger partial charge is 0.406 e. The highest BCUT2D eigenvalue weighted by molar-refractivity contribution is 7.25. The summed E-state index contributed by atoms with van der Waals surface area (Å²) in [5.41, 5.74) is 45.5. The number of nitrogens with zero attached hydrogens (tertiary/aromatic N) is 12. The normalized spacial score (nSPS) is 11.5. The van der Waals surface area contributed by atoms with Crippen molar-refractivity contribution in [3.63, 3.8) is 0 Å². The molecular weight excluding hydrogens is 2010 g/mol. The molecule has 18 aromatic rings. The van der Waals surface area contributed by atoms with E-state index >= 15 is 0 Å². The molecule has 19 nitrogen and oxygen atoms in total. The zero-order valence-electron chi connectivity index (χ0n) is 74.6. The van der Waals surface area contributed by atoms with Gasteiger partial charge in [0.15, 0.2) is 0 Å². The number of fused-ring (bicyclic) bond motifs is 6. The van der Waals surface area contributed by atoms with E-state index in [0.717, 1.165) is 132 Å². The van der Waals surface area contributed by atoms with Gasteiger partial charge in [-0.2, -0.15) is 79.0 Å². The molecule has 0 aliphatic heterocycles. The molecule has 12 aromatic heterocycles. The molecule has 18 rings (SSSR count). The van der Waals surface area contributed by atoms with Crippen LogP contribution in [0.1, 0.15) is 79.2 Å². The third kappa shape index (κ3) is 22.3. The van der Waals surface area contributed by atoms with Crippen LogP contribution in [0, 0.1) is 67.1 Å². The number of hydrogen-bond donors (Lipinski definition) is 7. The fourth-order valence-electron chi connectivity index (χ4n) is 14.3. The lowest BCUT2D eigenvalue weighted by Crippen LogP contribution is -2.07. The maximum atomic E-state index is 13.5. The molecule has 0 aliphatic rings. The van der Waals surface area contributed by atoms with Crippen LogP contribution in [0.25, 0.3) is 175 Å². The summed E-state index contributed by atoms with van der Waals surface area (Å²) in [4.78, 5) is 45.7. The van der Waals surface area contributed by atoms with Crippen LogP contribution in [0.4, 0.5) is 137 Å². The second-order valence-corrected chi connectivity index (χ2v) is 37.2. The monoisotopic (exact) mass is 2080 g/mol. The van der Waals surface area contributed by atoms with Crippen LogP contribution in [0.15, 0.2) is 202 Å². The van der Waals surface area contributed by atoms with E-state index in [1.54, 1.807) is 109 Å². The van der Waals surface area contributed by atoms with Crippen LogP contribution in [0.3, 0.4) is 0 Å². The molecule has 43 heteroatoms. The molecule has 0 fully saturated rings. The predicted octanol–water partition coefficient (Wildman–Crippen LogP) is 33.2. The Labute approximate surface area is 830 Å². The summed E-state index contributed by atoms with van der Waals surface area (Å²) in [5, 5.41) is -0.679. The van der Waals surface area contributed by atoms with Gasteiger partial charge in [0, 0.05) is 77.1 Å². The van der Waals surface area contributed by atoms with Crippen molar-refractivity contribution in [2.45, 2.75) is 71.7 Å². The molecule has 14 N–H and O–H groups in total. The van der Waals surface area contributed by atoms with E-state index in [2.05, 4.69) is 78.7 Å². The number of aryl methyl sites for hydroxylation is 4. The summed E-state index contributed by atoms with van der Waals surface area (Å²) >= 11 is 5.31. The van der Waals surface area contributed by atoms with Crippen LogP contribution in [-0.4, -0.2) is 29.9 Å². The molecule has 0 saturated heterocycles. The molecule has 0 spiro atoms. The molecular formula is C101H65F18N19S6. The average Bonchev–Trinajstić information content (AvgIpc) is 1.60. The maximum Gasteiger partial charge on any atom is 0.417 e. The van der Waals surface area contributed by atoms with Gasteiger partial charge in [-0.3, -0.25) is 0 Å². The van der Waals surface area contributed by atoms with E-state index in [0.29, 0.717) is 61.5 Å². The van der Waals surface area contributed by atoms with E-state index in [9.17, 15) is 79.0 Å². The zero-order chi connectivity index (χ0) is 105. The summed E-state index contributed by atoms with van der Waals surface area (Å²) in [6.45, 7) is 62.4. The van der Waals surface area contributed by atoms with Crippen LogP contribution < -0.4 is 40.1 Å².